The lowest BCUT2D eigenvalue weighted by Crippen LogP contribution is -2.28. The fourth-order valence-corrected chi connectivity index (χ4v) is 2.10. The topological polar surface area (TPSA) is 25.2 Å². The molecule has 1 heterocycles. The second-order valence-corrected chi connectivity index (χ2v) is 4.45. The third kappa shape index (κ3) is 3.29. The van der Waals surface area contributed by atoms with Gasteiger partial charge in [0.15, 0.2) is 0 Å². The van der Waals surface area contributed by atoms with E-state index in [1.807, 2.05) is 31.3 Å². The Labute approximate surface area is 105 Å². The van der Waals surface area contributed by atoms with Crippen molar-refractivity contribution in [3.8, 4) is 0 Å². The van der Waals surface area contributed by atoms with Crippen molar-refractivity contribution in [3.63, 3.8) is 0 Å². The third-order valence-electron chi connectivity index (χ3n) is 3.14. The fourth-order valence-electron chi connectivity index (χ4n) is 2.10. The van der Waals surface area contributed by atoms with Gasteiger partial charge >= 0.3 is 0 Å². The molecule has 2 nitrogen and oxygen atoms in total. The summed E-state index contributed by atoms with van der Waals surface area (Å²) in [7, 11) is 1.81. The molecule has 0 radical (unpaired) electrons. The van der Waals surface area contributed by atoms with Gasteiger partial charge in [-0.2, -0.15) is 0 Å². The molecule has 1 atom stereocenters. The standard InChI is InChI=1S/C14H17F2NO/c1-17-12(3-5-14(15)16)9-10-2-4-13-11(8-10)6-7-18-13/h2,4,6-8,12,14,17H,3,5,9H2,1H3. The number of furan rings is 1. The van der Waals surface area contributed by atoms with Gasteiger partial charge in [0.25, 0.3) is 0 Å². The largest absolute Gasteiger partial charge is 0.464 e. The van der Waals surface area contributed by atoms with Gasteiger partial charge in [-0.15, -0.1) is 0 Å². The second-order valence-electron chi connectivity index (χ2n) is 4.45. The van der Waals surface area contributed by atoms with Crippen LogP contribution in [0.5, 0.6) is 0 Å². The highest BCUT2D eigenvalue weighted by molar-refractivity contribution is 5.77. The zero-order valence-electron chi connectivity index (χ0n) is 10.3. The first-order chi connectivity index (χ1) is 8.69. The molecule has 0 saturated heterocycles. The minimum atomic E-state index is -2.22. The molecule has 0 fully saturated rings. The number of halogens is 2. The minimum Gasteiger partial charge on any atom is -0.464 e. The molecule has 0 saturated carbocycles. The monoisotopic (exact) mass is 253 g/mol. The van der Waals surface area contributed by atoms with Crippen LogP contribution in [0.15, 0.2) is 34.9 Å². The summed E-state index contributed by atoms with van der Waals surface area (Å²) in [5, 5.41) is 4.14. The number of alkyl halides is 2. The third-order valence-corrected chi connectivity index (χ3v) is 3.14. The zero-order valence-corrected chi connectivity index (χ0v) is 10.3. The molecule has 0 aliphatic rings. The van der Waals surface area contributed by atoms with Crippen molar-refractivity contribution in [2.75, 3.05) is 7.05 Å². The zero-order chi connectivity index (χ0) is 13.0. The van der Waals surface area contributed by atoms with Crippen LogP contribution >= 0.6 is 0 Å². The number of likely N-dealkylation sites (N-methyl/N-ethyl adjacent to an activating group) is 1. The quantitative estimate of drug-likeness (QED) is 0.850. The summed E-state index contributed by atoms with van der Waals surface area (Å²) in [5.74, 6) is 0. The first-order valence-corrected chi connectivity index (χ1v) is 6.10. The molecule has 2 rings (SSSR count). The van der Waals surface area contributed by atoms with Crippen LogP contribution in [0.2, 0.25) is 0 Å². The average molecular weight is 253 g/mol. The Balaban J connectivity index is 2.01. The molecule has 0 aliphatic carbocycles. The predicted octanol–water partition coefficient (Wildman–Crippen LogP) is 3.61. The molecule has 0 spiro atoms. The molecule has 2 aromatic rings. The number of hydrogen-bond donors (Lipinski definition) is 1. The van der Waals surface area contributed by atoms with Crippen LogP contribution in [0.4, 0.5) is 8.78 Å². The van der Waals surface area contributed by atoms with Crippen molar-refractivity contribution in [1.29, 1.82) is 0 Å². The number of hydrogen-bond acceptors (Lipinski definition) is 2. The van der Waals surface area contributed by atoms with Crippen molar-refractivity contribution in [2.45, 2.75) is 31.7 Å². The fraction of sp³-hybridized carbons (Fsp3) is 0.429. The molecule has 1 aromatic heterocycles. The van der Waals surface area contributed by atoms with Gasteiger partial charge < -0.3 is 9.73 Å². The van der Waals surface area contributed by atoms with Crippen LogP contribution in [0, 0.1) is 0 Å². The van der Waals surface area contributed by atoms with Gasteiger partial charge in [-0.3, -0.25) is 0 Å². The van der Waals surface area contributed by atoms with E-state index < -0.39 is 6.43 Å². The summed E-state index contributed by atoms with van der Waals surface area (Å²) in [6.45, 7) is 0. The summed E-state index contributed by atoms with van der Waals surface area (Å²) >= 11 is 0. The van der Waals surface area contributed by atoms with Crippen LogP contribution in [0.1, 0.15) is 18.4 Å². The van der Waals surface area contributed by atoms with Crippen molar-refractivity contribution in [3.05, 3.63) is 36.1 Å². The molecule has 18 heavy (non-hydrogen) atoms. The predicted molar refractivity (Wildman–Crippen MR) is 68.0 cm³/mol. The second kappa shape index (κ2) is 5.96. The molecular weight excluding hydrogens is 236 g/mol. The van der Waals surface area contributed by atoms with Gasteiger partial charge in [0.1, 0.15) is 5.58 Å². The van der Waals surface area contributed by atoms with E-state index in [1.54, 1.807) is 6.26 Å². The van der Waals surface area contributed by atoms with Crippen molar-refractivity contribution in [2.24, 2.45) is 0 Å². The van der Waals surface area contributed by atoms with E-state index in [-0.39, 0.29) is 12.5 Å². The Morgan fingerprint density at radius 1 is 1.22 bits per heavy atom. The van der Waals surface area contributed by atoms with Gasteiger partial charge in [-0.05, 0) is 43.7 Å². The Kier molecular flexibility index (Phi) is 4.31. The lowest BCUT2D eigenvalue weighted by Gasteiger charge is -2.15. The van der Waals surface area contributed by atoms with E-state index in [9.17, 15) is 8.78 Å². The lowest BCUT2D eigenvalue weighted by atomic mass is 10.0. The molecule has 1 unspecified atom stereocenters. The van der Waals surface area contributed by atoms with Gasteiger partial charge in [0.2, 0.25) is 6.43 Å². The molecule has 1 aromatic carbocycles. The number of fused-ring (bicyclic) bond motifs is 1. The first kappa shape index (κ1) is 13.0. The first-order valence-electron chi connectivity index (χ1n) is 6.10. The molecule has 0 amide bonds. The maximum Gasteiger partial charge on any atom is 0.238 e. The van der Waals surface area contributed by atoms with E-state index in [0.717, 1.165) is 23.0 Å². The van der Waals surface area contributed by atoms with E-state index in [2.05, 4.69) is 5.32 Å². The summed E-state index contributed by atoms with van der Waals surface area (Å²) in [4.78, 5) is 0. The molecule has 0 bridgehead atoms. The molecule has 0 aliphatic heterocycles. The maximum atomic E-state index is 12.2. The highest BCUT2D eigenvalue weighted by atomic mass is 19.3. The van der Waals surface area contributed by atoms with Crippen molar-refractivity contribution >= 4 is 11.0 Å². The number of nitrogens with one attached hydrogen (secondary N) is 1. The van der Waals surface area contributed by atoms with Crippen molar-refractivity contribution in [1.82, 2.24) is 5.32 Å². The van der Waals surface area contributed by atoms with E-state index >= 15 is 0 Å². The number of benzene rings is 1. The molecule has 98 valence electrons. The van der Waals surface area contributed by atoms with Crippen LogP contribution in [-0.2, 0) is 6.42 Å². The van der Waals surface area contributed by atoms with Gasteiger partial charge in [-0.1, -0.05) is 6.07 Å². The van der Waals surface area contributed by atoms with Crippen LogP contribution < -0.4 is 5.32 Å². The number of rotatable bonds is 6. The Morgan fingerprint density at radius 2 is 2.06 bits per heavy atom. The van der Waals surface area contributed by atoms with Crippen LogP contribution in [-0.4, -0.2) is 19.5 Å². The highest BCUT2D eigenvalue weighted by Gasteiger charge is 2.11. The van der Waals surface area contributed by atoms with E-state index in [1.165, 1.54) is 0 Å². The Morgan fingerprint density at radius 3 is 2.78 bits per heavy atom. The van der Waals surface area contributed by atoms with Crippen molar-refractivity contribution < 1.29 is 13.2 Å². The van der Waals surface area contributed by atoms with E-state index in [0.29, 0.717) is 6.42 Å². The minimum absolute atomic E-state index is 0.0561. The Hall–Kier alpha value is -1.42. The summed E-state index contributed by atoms with van der Waals surface area (Å²) < 4.78 is 29.7. The molecular formula is C14H17F2NO. The smallest absolute Gasteiger partial charge is 0.238 e. The normalized spacial score (nSPS) is 13.3. The average Bonchev–Trinajstić information content (AvgIpc) is 2.81. The summed E-state index contributed by atoms with van der Waals surface area (Å²) in [5.41, 5.74) is 1.99. The molecule has 1 N–H and O–H groups in total. The highest BCUT2D eigenvalue weighted by Crippen LogP contribution is 2.19. The van der Waals surface area contributed by atoms with E-state index in [4.69, 9.17) is 4.42 Å². The van der Waals surface area contributed by atoms with Crippen LogP contribution in [0.25, 0.3) is 11.0 Å². The molecule has 4 heteroatoms. The lowest BCUT2D eigenvalue weighted by molar-refractivity contribution is 0.130. The SMILES string of the molecule is CNC(CCC(F)F)Cc1ccc2occc2c1. The van der Waals surface area contributed by atoms with Gasteiger partial charge in [0.05, 0.1) is 6.26 Å². The van der Waals surface area contributed by atoms with Crippen LogP contribution in [0.3, 0.4) is 0 Å². The summed E-state index contributed by atoms with van der Waals surface area (Å²) in [6.07, 6.45) is 0.611. The van der Waals surface area contributed by atoms with Gasteiger partial charge in [-0.25, -0.2) is 8.78 Å². The van der Waals surface area contributed by atoms with Gasteiger partial charge in [0, 0.05) is 17.8 Å². The Bertz CT molecular complexity index is 495. The maximum absolute atomic E-state index is 12.2. The summed E-state index contributed by atoms with van der Waals surface area (Å²) in [6, 6.07) is 7.95.